The first-order chi connectivity index (χ1) is 14.3. The van der Waals surface area contributed by atoms with Crippen LogP contribution in [0.5, 0.6) is 0 Å². The number of hydrogen-bond acceptors (Lipinski definition) is 10. The molecule has 0 fully saturated rings. The van der Waals surface area contributed by atoms with Gasteiger partial charge in [0.2, 0.25) is 5.91 Å². The lowest BCUT2D eigenvalue weighted by Crippen LogP contribution is -2.42. The number of nitrogens with two attached hydrogens (primary N) is 4. The minimum absolute atomic E-state index is 0.292. The maximum atomic E-state index is 10.8. The summed E-state index contributed by atoms with van der Waals surface area (Å²) in [5.74, 6) is -4.45. The van der Waals surface area contributed by atoms with Gasteiger partial charge in [-0.1, -0.05) is 6.92 Å². The lowest BCUT2D eigenvalue weighted by Gasteiger charge is -2.12. The van der Waals surface area contributed by atoms with Crippen LogP contribution in [0.1, 0.15) is 47.5 Å². The number of aliphatic carboxylic acids is 3. The van der Waals surface area contributed by atoms with Gasteiger partial charge in [0, 0.05) is 20.3 Å². The molecule has 0 saturated heterocycles. The van der Waals surface area contributed by atoms with Gasteiger partial charge in [0.15, 0.2) is 6.61 Å². The number of esters is 1. The molecule has 0 aromatic heterocycles. The Morgan fingerprint density at radius 2 is 1.22 bits per heavy atom. The molecule has 0 heterocycles. The molecule has 3 atom stereocenters. The Morgan fingerprint density at radius 1 is 0.906 bits per heavy atom. The lowest BCUT2D eigenvalue weighted by molar-refractivity contribution is -0.151. The minimum atomic E-state index is -1.13. The van der Waals surface area contributed by atoms with Crippen LogP contribution in [-0.4, -0.2) is 80.9 Å². The van der Waals surface area contributed by atoms with Crippen molar-refractivity contribution in [3.8, 4) is 0 Å². The van der Waals surface area contributed by atoms with E-state index in [0.717, 1.165) is 13.3 Å². The smallest absolute Gasteiger partial charge is 0.326 e. The number of primary amides is 2. The first kappa shape index (κ1) is 39.2. The molecule has 0 bridgehead atoms. The highest BCUT2D eigenvalue weighted by molar-refractivity contribution is 5.81. The molecule has 0 rings (SSSR count). The molecule has 2 amide bonds. The fourth-order valence-electron chi connectivity index (χ4n) is 0.649. The third-order valence-corrected chi connectivity index (χ3v) is 2.00. The molecule has 0 radical (unpaired) electrons. The third kappa shape index (κ3) is 63.2. The normalized spacial score (nSPS) is 11.2. The second-order valence-corrected chi connectivity index (χ2v) is 5.74. The van der Waals surface area contributed by atoms with E-state index in [1.807, 2.05) is 6.92 Å². The average Bonchev–Trinajstić information content (AvgIpc) is 2.58. The third-order valence-electron chi connectivity index (χ3n) is 2.00. The summed E-state index contributed by atoms with van der Waals surface area (Å²) in [7, 11) is 0. The highest BCUT2D eigenvalue weighted by atomic mass is 16.5. The van der Waals surface area contributed by atoms with Gasteiger partial charge >= 0.3 is 17.9 Å². The molecule has 15 heteroatoms. The van der Waals surface area contributed by atoms with Crippen LogP contribution in [0.3, 0.4) is 0 Å². The minimum Gasteiger partial charge on any atom is -0.481 e. The van der Waals surface area contributed by atoms with Crippen molar-refractivity contribution in [2.45, 2.75) is 65.6 Å². The molecule has 0 spiro atoms. The number of carbonyl (C=O) groups excluding carboxylic acids is 3. The van der Waals surface area contributed by atoms with E-state index in [-0.39, 0.29) is 5.91 Å². The molecule has 0 aliphatic heterocycles. The number of ether oxygens (including phenoxy) is 1. The Balaban J connectivity index is -0.000000103. The summed E-state index contributed by atoms with van der Waals surface area (Å²) in [6.07, 6.45) is 0.0142. The van der Waals surface area contributed by atoms with Crippen LogP contribution in [0, 0.1) is 0 Å². The van der Waals surface area contributed by atoms with E-state index < -0.39 is 54.6 Å². The topological polar surface area (TPSA) is 297 Å². The fourth-order valence-corrected chi connectivity index (χ4v) is 0.649. The Labute approximate surface area is 185 Å². The Kier molecular flexibility index (Phi) is 31.5. The van der Waals surface area contributed by atoms with E-state index in [9.17, 15) is 24.0 Å². The molecule has 0 unspecified atom stereocenters. The van der Waals surface area contributed by atoms with Crippen LogP contribution in [0.25, 0.3) is 0 Å². The van der Waals surface area contributed by atoms with Gasteiger partial charge in [-0.05, 0) is 20.3 Å². The van der Waals surface area contributed by atoms with Crippen LogP contribution in [0.15, 0.2) is 0 Å². The largest absolute Gasteiger partial charge is 0.481 e. The SMILES string of the molecule is CC(=O)O.CC(N)=O.CCCC(=O)O.C[C@@H](O)[C@H](N)C(=O)OCC(N)=O.C[C@H](N)C(=O)O. The first-order valence-electron chi connectivity index (χ1n) is 8.87. The average molecular weight is 472 g/mol. The summed E-state index contributed by atoms with van der Waals surface area (Å²) >= 11 is 0. The van der Waals surface area contributed by atoms with Gasteiger partial charge in [-0.3, -0.25) is 28.8 Å². The second kappa shape index (κ2) is 25.7. The van der Waals surface area contributed by atoms with Gasteiger partial charge < -0.3 is 48.1 Å². The number of aliphatic hydroxyl groups is 1. The Bertz CT molecular complexity index is 547. The van der Waals surface area contributed by atoms with Crippen molar-refractivity contribution in [1.29, 1.82) is 0 Å². The second-order valence-electron chi connectivity index (χ2n) is 5.74. The Morgan fingerprint density at radius 3 is 1.34 bits per heavy atom. The molecule has 0 aliphatic rings. The van der Waals surface area contributed by atoms with Crippen molar-refractivity contribution in [2.24, 2.45) is 22.9 Å². The zero-order chi connectivity index (χ0) is 27.0. The maximum Gasteiger partial charge on any atom is 0.326 e. The first-order valence-corrected chi connectivity index (χ1v) is 8.87. The van der Waals surface area contributed by atoms with Gasteiger partial charge in [-0.25, -0.2) is 0 Å². The summed E-state index contributed by atoms with van der Waals surface area (Å²) in [5, 5.41) is 32.0. The summed E-state index contributed by atoms with van der Waals surface area (Å²) in [5.41, 5.74) is 19.2. The molecule has 12 N–H and O–H groups in total. The monoisotopic (exact) mass is 472 g/mol. The van der Waals surface area contributed by atoms with E-state index in [1.165, 1.54) is 20.8 Å². The van der Waals surface area contributed by atoms with Crippen LogP contribution in [0.4, 0.5) is 0 Å². The van der Waals surface area contributed by atoms with E-state index >= 15 is 0 Å². The van der Waals surface area contributed by atoms with Crippen LogP contribution in [0.2, 0.25) is 0 Å². The molecule has 190 valence electrons. The van der Waals surface area contributed by atoms with Crippen molar-refractivity contribution in [3.05, 3.63) is 0 Å². The van der Waals surface area contributed by atoms with Crippen molar-refractivity contribution in [3.63, 3.8) is 0 Å². The fraction of sp³-hybridized carbons (Fsp3) is 0.647. The van der Waals surface area contributed by atoms with Crippen molar-refractivity contribution < 1.29 is 53.9 Å². The number of carbonyl (C=O) groups is 6. The van der Waals surface area contributed by atoms with E-state index in [1.54, 1.807) is 0 Å². The maximum absolute atomic E-state index is 10.8. The molecule has 0 aromatic rings. The number of hydrogen-bond donors (Lipinski definition) is 8. The van der Waals surface area contributed by atoms with Crippen molar-refractivity contribution >= 4 is 35.7 Å². The quantitative estimate of drug-likeness (QED) is 0.179. The van der Waals surface area contributed by atoms with Crippen molar-refractivity contribution in [2.75, 3.05) is 6.61 Å². The molecule has 0 saturated carbocycles. The highest BCUT2D eigenvalue weighted by Gasteiger charge is 2.20. The van der Waals surface area contributed by atoms with Crippen LogP contribution in [-0.2, 0) is 33.5 Å². The summed E-state index contributed by atoms with van der Waals surface area (Å²) in [4.78, 5) is 58.3. The summed E-state index contributed by atoms with van der Waals surface area (Å²) in [6, 6.07) is -1.87. The van der Waals surface area contributed by atoms with Crippen molar-refractivity contribution in [1.82, 2.24) is 0 Å². The number of aliphatic hydroxyl groups excluding tert-OH is 1. The van der Waals surface area contributed by atoms with Gasteiger partial charge in [0.25, 0.3) is 11.9 Å². The van der Waals surface area contributed by atoms with Gasteiger partial charge in [0.05, 0.1) is 6.10 Å². The number of amides is 2. The van der Waals surface area contributed by atoms with E-state index in [2.05, 4.69) is 10.5 Å². The standard InChI is InChI=1S/C6H12N2O4.C4H8O2.C3H7NO2.C2H5NO.C2H4O2/c1-3(9)5(8)6(11)12-2-4(7)10;1-2-3-4(5)6;1-2(4)3(5)6;2*1-2(3)4/h3,5,9H,2,8H2,1H3,(H2,7,10);2-3H2,1H3,(H,5,6);2H,4H2,1H3,(H,5,6);1H3,(H2,3,4);1H3,(H,3,4)/t3-,5+;;2-;;/m1.0../s1. The van der Waals surface area contributed by atoms with Crippen LogP contribution < -0.4 is 22.9 Å². The number of carboxylic acids is 3. The molecule has 0 aliphatic carbocycles. The molecular formula is C17H36N4O11. The molecule has 15 nitrogen and oxygen atoms in total. The number of rotatable bonds is 7. The summed E-state index contributed by atoms with van der Waals surface area (Å²) < 4.78 is 4.33. The predicted octanol–water partition coefficient (Wildman–Crippen LogP) is -2.41. The van der Waals surface area contributed by atoms with Crippen LogP contribution >= 0.6 is 0 Å². The molecule has 0 aromatic carbocycles. The lowest BCUT2D eigenvalue weighted by atomic mass is 10.2. The zero-order valence-electron chi connectivity index (χ0n) is 18.8. The number of carboxylic acid groups (broad SMARTS) is 3. The zero-order valence-corrected chi connectivity index (χ0v) is 18.8. The summed E-state index contributed by atoms with van der Waals surface area (Å²) in [6.45, 7) is 6.48. The predicted molar refractivity (Wildman–Crippen MR) is 112 cm³/mol. The molecule has 32 heavy (non-hydrogen) atoms. The van der Waals surface area contributed by atoms with Gasteiger partial charge in [-0.2, -0.15) is 0 Å². The van der Waals surface area contributed by atoms with E-state index in [0.29, 0.717) is 6.42 Å². The molecular weight excluding hydrogens is 436 g/mol. The van der Waals surface area contributed by atoms with Gasteiger partial charge in [0.1, 0.15) is 12.1 Å². The highest BCUT2D eigenvalue weighted by Crippen LogP contribution is 1.91. The van der Waals surface area contributed by atoms with E-state index in [4.69, 9.17) is 42.4 Å². The Hall–Kier alpha value is -3.30. The van der Waals surface area contributed by atoms with Gasteiger partial charge in [-0.15, -0.1) is 0 Å².